The van der Waals surface area contributed by atoms with Crippen molar-refractivity contribution in [2.24, 2.45) is 11.7 Å². The lowest BCUT2D eigenvalue weighted by atomic mass is 9.85. The lowest BCUT2D eigenvalue weighted by Crippen LogP contribution is -2.54. The van der Waals surface area contributed by atoms with Gasteiger partial charge < -0.3 is 16.0 Å². The van der Waals surface area contributed by atoms with Crippen molar-refractivity contribution in [2.75, 3.05) is 26.2 Å². The highest BCUT2D eigenvalue weighted by atomic mass is 16.1. The molecule has 2 saturated heterocycles. The van der Waals surface area contributed by atoms with E-state index in [0.717, 1.165) is 38.8 Å². The highest BCUT2D eigenvalue weighted by Crippen LogP contribution is 2.25. The summed E-state index contributed by atoms with van der Waals surface area (Å²) in [4.78, 5) is 13.9. The average Bonchev–Trinajstić information content (AvgIpc) is 2.35. The number of unbranched alkanes of at least 4 members (excludes halogenated alkanes) is 2. The molecule has 0 saturated carbocycles. The molecule has 0 aromatic heterocycles. The minimum atomic E-state index is 0.252. The van der Waals surface area contributed by atoms with Crippen molar-refractivity contribution in [3.8, 4) is 0 Å². The Morgan fingerprint density at radius 2 is 2.18 bits per heavy atom. The first kappa shape index (κ1) is 12.8. The van der Waals surface area contributed by atoms with Crippen LogP contribution in [0.25, 0.3) is 0 Å². The quantitative estimate of drug-likeness (QED) is 0.695. The first-order valence-electron chi connectivity index (χ1n) is 7.01. The summed E-state index contributed by atoms with van der Waals surface area (Å²) < 4.78 is 0. The van der Waals surface area contributed by atoms with Gasteiger partial charge in [-0.1, -0.05) is 6.42 Å². The Bertz CT molecular complexity index is 257. The summed E-state index contributed by atoms with van der Waals surface area (Å²) in [5.41, 5.74) is 5.49. The van der Waals surface area contributed by atoms with Crippen molar-refractivity contribution in [3.05, 3.63) is 0 Å². The van der Waals surface area contributed by atoms with Crippen molar-refractivity contribution < 1.29 is 4.79 Å². The van der Waals surface area contributed by atoms with Gasteiger partial charge in [-0.3, -0.25) is 4.79 Å². The molecule has 2 aliphatic heterocycles. The molecule has 0 aromatic carbocycles. The third-order valence-corrected chi connectivity index (χ3v) is 4.09. The third-order valence-electron chi connectivity index (χ3n) is 4.09. The van der Waals surface area contributed by atoms with Gasteiger partial charge >= 0.3 is 0 Å². The van der Waals surface area contributed by atoms with Gasteiger partial charge in [0.2, 0.25) is 5.91 Å². The molecular weight excluding hydrogens is 214 g/mol. The van der Waals surface area contributed by atoms with Crippen molar-refractivity contribution in [1.29, 1.82) is 0 Å². The number of rotatable bonds is 5. The smallest absolute Gasteiger partial charge is 0.220 e. The summed E-state index contributed by atoms with van der Waals surface area (Å²) in [6, 6.07) is 0.455. The summed E-state index contributed by atoms with van der Waals surface area (Å²) in [6.45, 7) is 4.34. The number of nitrogens with one attached hydrogen (secondary N) is 1. The fourth-order valence-electron chi connectivity index (χ4n) is 3.05. The minimum Gasteiger partial charge on any atom is -0.353 e. The number of nitrogens with zero attached hydrogens (tertiary/aromatic N) is 1. The van der Waals surface area contributed by atoms with E-state index in [0.29, 0.717) is 12.0 Å². The van der Waals surface area contributed by atoms with E-state index in [1.165, 1.54) is 25.9 Å². The predicted molar refractivity (Wildman–Crippen MR) is 68.6 cm³/mol. The molecule has 4 nitrogen and oxygen atoms in total. The van der Waals surface area contributed by atoms with Gasteiger partial charge in [0.25, 0.3) is 0 Å². The van der Waals surface area contributed by atoms with Crippen molar-refractivity contribution in [2.45, 2.75) is 44.6 Å². The number of amides is 1. The molecule has 2 aliphatic rings. The zero-order valence-electron chi connectivity index (χ0n) is 10.7. The number of likely N-dealkylation sites (tertiary alicyclic amines) is 1. The van der Waals surface area contributed by atoms with Gasteiger partial charge in [-0.15, -0.1) is 0 Å². The molecule has 2 atom stereocenters. The van der Waals surface area contributed by atoms with E-state index in [2.05, 4.69) is 10.2 Å². The molecule has 2 fully saturated rings. The first-order chi connectivity index (χ1) is 8.29. The molecule has 3 N–H and O–H groups in total. The highest BCUT2D eigenvalue weighted by Gasteiger charge is 2.33. The van der Waals surface area contributed by atoms with Crippen LogP contribution in [-0.2, 0) is 4.79 Å². The number of hydrogen-bond donors (Lipinski definition) is 2. The molecule has 4 heteroatoms. The van der Waals surface area contributed by atoms with Crippen LogP contribution in [0.1, 0.15) is 38.5 Å². The van der Waals surface area contributed by atoms with Gasteiger partial charge in [0.05, 0.1) is 0 Å². The van der Waals surface area contributed by atoms with Crippen molar-refractivity contribution in [3.63, 3.8) is 0 Å². The fourth-order valence-corrected chi connectivity index (χ4v) is 3.05. The SMILES string of the molecule is NCCCCCN1CCC2NC(=O)CCC2C1. The number of carbonyl (C=O) groups excluding carboxylic acids is 1. The molecule has 0 aromatic rings. The van der Waals surface area contributed by atoms with E-state index in [-0.39, 0.29) is 5.91 Å². The maximum absolute atomic E-state index is 11.3. The van der Waals surface area contributed by atoms with Crippen LogP contribution >= 0.6 is 0 Å². The lowest BCUT2D eigenvalue weighted by Gasteiger charge is -2.41. The Labute approximate surface area is 104 Å². The Balaban J connectivity index is 1.69. The Hall–Kier alpha value is -0.610. The number of nitrogens with two attached hydrogens (primary N) is 1. The van der Waals surface area contributed by atoms with Gasteiger partial charge in [0.1, 0.15) is 0 Å². The molecular formula is C13H25N3O. The van der Waals surface area contributed by atoms with E-state index in [4.69, 9.17) is 5.73 Å². The van der Waals surface area contributed by atoms with Gasteiger partial charge in [-0.05, 0) is 44.7 Å². The zero-order chi connectivity index (χ0) is 12.1. The topological polar surface area (TPSA) is 58.4 Å². The fraction of sp³-hybridized carbons (Fsp3) is 0.923. The van der Waals surface area contributed by atoms with Crippen LogP contribution in [0.3, 0.4) is 0 Å². The van der Waals surface area contributed by atoms with Gasteiger partial charge in [-0.25, -0.2) is 0 Å². The third kappa shape index (κ3) is 3.68. The zero-order valence-corrected chi connectivity index (χ0v) is 10.7. The van der Waals surface area contributed by atoms with Crippen molar-refractivity contribution in [1.82, 2.24) is 10.2 Å². The number of carbonyl (C=O) groups is 1. The van der Waals surface area contributed by atoms with Gasteiger partial charge in [0, 0.05) is 25.6 Å². The predicted octanol–water partition coefficient (Wildman–Crippen LogP) is 0.716. The van der Waals surface area contributed by atoms with Gasteiger partial charge in [-0.2, -0.15) is 0 Å². The van der Waals surface area contributed by atoms with Crippen LogP contribution in [0.4, 0.5) is 0 Å². The standard InChI is InChI=1S/C13H25N3O/c14-7-2-1-3-8-16-9-6-12-11(10-16)4-5-13(17)15-12/h11-12H,1-10,14H2,(H,15,17). The molecule has 0 aliphatic carbocycles. The maximum Gasteiger partial charge on any atom is 0.220 e. The lowest BCUT2D eigenvalue weighted by molar-refractivity contribution is -0.125. The first-order valence-corrected chi connectivity index (χ1v) is 7.01. The van der Waals surface area contributed by atoms with E-state index in [1.54, 1.807) is 0 Å². The summed E-state index contributed by atoms with van der Waals surface area (Å²) in [6.07, 6.45) is 6.60. The number of hydrogen-bond acceptors (Lipinski definition) is 3. The second kappa shape index (κ2) is 6.36. The second-order valence-corrected chi connectivity index (χ2v) is 5.41. The molecule has 2 unspecified atom stereocenters. The van der Waals surface area contributed by atoms with Gasteiger partial charge in [0.15, 0.2) is 0 Å². The van der Waals surface area contributed by atoms with Crippen LogP contribution in [0.2, 0.25) is 0 Å². The molecule has 2 heterocycles. The van der Waals surface area contributed by atoms with E-state index in [9.17, 15) is 4.79 Å². The molecule has 0 spiro atoms. The summed E-state index contributed by atoms with van der Waals surface area (Å²) >= 11 is 0. The summed E-state index contributed by atoms with van der Waals surface area (Å²) in [5, 5.41) is 3.13. The maximum atomic E-state index is 11.3. The molecule has 1 amide bonds. The second-order valence-electron chi connectivity index (χ2n) is 5.41. The number of fused-ring (bicyclic) bond motifs is 1. The molecule has 17 heavy (non-hydrogen) atoms. The average molecular weight is 239 g/mol. The van der Waals surface area contributed by atoms with Crippen molar-refractivity contribution >= 4 is 5.91 Å². The largest absolute Gasteiger partial charge is 0.353 e. The molecule has 98 valence electrons. The monoisotopic (exact) mass is 239 g/mol. The summed E-state index contributed by atoms with van der Waals surface area (Å²) in [5.74, 6) is 0.943. The molecule has 0 radical (unpaired) electrons. The Morgan fingerprint density at radius 3 is 3.00 bits per heavy atom. The van der Waals surface area contributed by atoms with Crippen LogP contribution in [0.15, 0.2) is 0 Å². The van der Waals surface area contributed by atoms with Crippen LogP contribution < -0.4 is 11.1 Å². The Kier molecular flexibility index (Phi) is 4.80. The van der Waals surface area contributed by atoms with Crippen LogP contribution in [0.5, 0.6) is 0 Å². The van der Waals surface area contributed by atoms with E-state index < -0.39 is 0 Å². The van der Waals surface area contributed by atoms with Crippen LogP contribution in [-0.4, -0.2) is 43.0 Å². The molecule has 2 rings (SSSR count). The van der Waals surface area contributed by atoms with Crippen LogP contribution in [0, 0.1) is 5.92 Å². The Morgan fingerprint density at radius 1 is 1.29 bits per heavy atom. The summed E-state index contributed by atoms with van der Waals surface area (Å²) in [7, 11) is 0. The highest BCUT2D eigenvalue weighted by molar-refractivity contribution is 5.77. The minimum absolute atomic E-state index is 0.252. The van der Waals surface area contributed by atoms with E-state index in [1.807, 2.05) is 0 Å². The van der Waals surface area contributed by atoms with E-state index >= 15 is 0 Å². The number of piperidine rings is 2. The normalized spacial score (nSPS) is 29.8. The molecule has 0 bridgehead atoms.